The maximum absolute atomic E-state index is 10.1. The van der Waals surface area contributed by atoms with Gasteiger partial charge in [-0.1, -0.05) is 36.8 Å². The van der Waals surface area contributed by atoms with E-state index in [9.17, 15) is 5.11 Å². The summed E-state index contributed by atoms with van der Waals surface area (Å²) in [6.07, 6.45) is 2.20. The summed E-state index contributed by atoms with van der Waals surface area (Å²) in [4.78, 5) is 0. The fraction of sp³-hybridized carbons (Fsp3) is 0.111. The normalized spacial score (nSPS) is 11.6. The molecule has 0 bridgehead atoms. The summed E-state index contributed by atoms with van der Waals surface area (Å²) in [5, 5.41) is 10.1. The van der Waals surface area contributed by atoms with Crippen molar-refractivity contribution in [3.05, 3.63) is 54.1 Å². The van der Waals surface area contributed by atoms with E-state index in [1.807, 2.05) is 18.2 Å². The number of hydrogen-bond donors (Lipinski definition) is 1. The fourth-order valence-corrected chi connectivity index (χ4v) is 2.22. The number of phenolic OH excluding ortho intramolecular Hbond substituents is 1. The van der Waals surface area contributed by atoms with Gasteiger partial charge in [0.05, 0.1) is 0 Å². The molecule has 0 saturated carbocycles. The summed E-state index contributed by atoms with van der Waals surface area (Å²) >= 11 is 0. The van der Waals surface area contributed by atoms with Gasteiger partial charge in [-0.3, -0.25) is 0 Å². The van der Waals surface area contributed by atoms with Gasteiger partial charge >= 0.3 is 7.32 Å². The van der Waals surface area contributed by atoms with Gasteiger partial charge in [-0.25, -0.2) is 0 Å². The van der Waals surface area contributed by atoms with Crippen molar-refractivity contribution in [1.29, 1.82) is 0 Å². The van der Waals surface area contributed by atoms with E-state index in [4.69, 9.17) is 14.0 Å². The van der Waals surface area contributed by atoms with E-state index in [0.717, 1.165) is 5.56 Å². The predicted octanol–water partition coefficient (Wildman–Crippen LogP) is 3.44. The minimum atomic E-state index is -0.941. The zero-order valence-electron chi connectivity index (χ0n) is 12.7. The number of rotatable bonds is 4. The van der Waals surface area contributed by atoms with Crippen molar-refractivity contribution in [3.63, 3.8) is 0 Å². The summed E-state index contributed by atoms with van der Waals surface area (Å²) in [6, 6.07) is 10.8. The number of aromatic hydroxyl groups is 1. The van der Waals surface area contributed by atoms with Crippen molar-refractivity contribution in [2.75, 3.05) is 0 Å². The van der Waals surface area contributed by atoms with Crippen LogP contribution in [0.15, 0.2) is 43.0 Å². The summed E-state index contributed by atoms with van der Waals surface area (Å²) in [7, 11) is -0.941. The third kappa shape index (κ3) is 3.11. The Balaban J connectivity index is 1.74. The lowest BCUT2D eigenvalue weighted by Crippen LogP contribution is -2.32. The molecule has 5 heteroatoms. The molecular weight excluding hydrogens is 291 g/mol. The maximum atomic E-state index is 10.1. The molecule has 23 heavy (non-hydrogen) atoms. The molecule has 1 N–H and O–H groups in total. The van der Waals surface area contributed by atoms with Crippen LogP contribution >= 0.6 is 0 Å². The second kappa shape index (κ2) is 6.41. The highest BCUT2D eigenvalue weighted by Gasteiger charge is 2.38. The van der Waals surface area contributed by atoms with Gasteiger partial charge in [-0.2, -0.15) is 0 Å². The average Bonchev–Trinajstić information content (AvgIpc) is 2.96. The average molecular weight is 306 g/mol. The first-order valence-electron chi connectivity index (χ1n) is 7.18. The largest absolute Gasteiger partial charge is 0.864 e. The van der Waals surface area contributed by atoms with Crippen molar-refractivity contribution in [1.82, 2.24) is 0 Å². The minimum absolute atomic E-state index is 0.00423. The monoisotopic (exact) mass is 306 g/mol. The molecule has 1 aliphatic heterocycles. The second-order valence-electron chi connectivity index (χ2n) is 4.92. The number of benzene rings is 2. The molecule has 114 valence electrons. The molecule has 0 spiro atoms. The Bertz CT molecular complexity index is 804. The van der Waals surface area contributed by atoms with E-state index >= 15 is 0 Å². The standard InChI is InChI=1S/C18H15BO4/c1-3-5-7-13-10-11-15-17(12-13)23-19(21-15)22-16-9-6-8-14(4-2)18(16)20/h4,6,8-12,20H,2,7H2,1H3. The highest BCUT2D eigenvalue weighted by Crippen LogP contribution is 2.37. The van der Waals surface area contributed by atoms with Crippen molar-refractivity contribution in [2.45, 2.75) is 13.3 Å². The van der Waals surface area contributed by atoms with Gasteiger partial charge in [-0.05, 0) is 30.7 Å². The molecular formula is C18H15BO4. The lowest BCUT2D eigenvalue weighted by molar-refractivity contribution is 0.337. The smallest absolute Gasteiger partial charge is 0.504 e. The summed E-state index contributed by atoms with van der Waals surface area (Å²) in [5.74, 6) is 7.35. The first kappa shape index (κ1) is 14.9. The van der Waals surface area contributed by atoms with Crippen LogP contribution in [-0.2, 0) is 6.42 Å². The number of fused-ring (bicyclic) bond motifs is 1. The van der Waals surface area contributed by atoms with Crippen LogP contribution in [0.1, 0.15) is 18.1 Å². The molecule has 1 heterocycles. The van der Waals surface area contributed by atoms with Gasteiger partial charge in [0.1, 0.15) is 17.2 Å². The molecule has 0 amide bonds. The van der Waals surface area contributed by atoms with Gasteiger partial charge in [-0.15, -0.1) is 5.92 Å². The first-order valence-corrected chi connectivity index (χ1v) is 7.18. The highest BCUT2D eigenvalue weighted by atomic mass is 16.8. The molecule has 3 rings (SSSR count). The van der Waals surface area contributed by atoms with Crippen LogP contribution in [0.5, 0.6) is 23.0 Å². The molecule has 0 radical (unpaired) electrons. The molecule has 0 unspecified atom stereocenters. The van der Waals surface area contributed by atoms with Crippen LogP contribution < -0.4 is 14.0 Å². The van der Waals surface area contributed by atoms with Crippen LogP contribution in [0.25, 0.3) is 6.08 Å². The topological polar surface area (TPSA) is 47.9 Å². The van der Waals surface area contributed by atoms with Gasteiger partial charge in [0.15, 0.2) is 5.75 Å². The Morgan fingerprint density at radius 1 is 1.26 bits per heavy atom. The van der Waals surface area contributed by atoms with E-state index in [2.05, 4.69) is 18.4 Å². The van der Waals surface area contributed by atoms with Crippen molar-refractivity contribution >= 4 is 13.4 Å². The lowest BCUT2D eigenvalue weighted by atomic mass is 10.1. The maximum Gasteiger partial charge on any atom is 0.864 e. The van der Waals surface area contributed by atoms with Crippen LogP contribution in [0.2, 0.25) is 0 Å². The van der Waals surface area contributed by atoms with E-state index in [1.54, 1.807) is 31.2 Å². The van der Waals surface area contributed by atoms with Crippen LogP contribution in [0.4, 0.5) is 0 Å². The third-order valence-electron chi connectivity index (χ3n) is 3.40. The van der Waals surface area contributed by atoms with E-state index < -0.39 is 7.32 Å². The van der Waals surface area contributed by atoms with E-state index in [0.29, 0.717) is 23.5 Å². The Labute approximate surface area is 135 Å². The van der Waals surface area contributed by atoms with Gasteiger partial charge < -0.3 is 19.1 Å². The van der Waals surface area contributed by atoms with Crippen LogP contribution in [0, 0.1) is 11.8 Å². The quantitative estimate of drug-likeness (QED) is 0.694. The minimum Gasteiger partial charge on any atom is -0.504 e. The first-order chi connectivity index (χ1) is 11.2. The zero-order valence-corrected chi connectivity index (χ0v) is 12.7. The molecule has 0 aromatic heterocycles. The molecule has 0 fully saturated rings. The Kier molecular flexibility index (Phi) is 4.16. The predicted molar refractivity (Wildman–Crippen MR) is 89.4 cm³/mol. The second-order valence-corrected chi connectivity index (χ2v) is 4.92. The summed E-state index contributed by atoms with van der Waals surface area (Å²) in [5.41, 5.74) is 1.62. The van der Waals surface area contributed by atoms with E-state index in [1.165, 1.54) is 0 Å². The summed E-state index contributed by atoms with van der Waals surface area (Å²) in [6.45, 7) is 5.45. The van der Waals surface area contributed by atoms with Gasteiger partial charge in [0, 0.05) is 12.0 Å². The van der Waals surface area contributed by atoms with Gasteiger partial charge in [0.2, 0.25) is 0 Å². The third-order valence-corrected chi connectivity index (χ3v) is 3.40. The lowest BCUT2D eigenvalue weighted by Gasteiger charge is -2.10. The van der Waals surface area contributed by atoms with E-state index in [-0.39, 0.29) is 11.5 Å². The van der Waals surface area contributed by atoms with Gasteiger partial charge in [0.25, 0.3) is 0 Å². The van der Waals surface area contributed by atoms with Crippen molar-refractivity contribution < 1.29 is 19.1 Å². The Morgan fingerprint density at radius 3 is 2.87 bits per heavy atom. The molecule has 0 aliphatic carbocycles. The number of phenols is 1. The zero-order chi connectivity index (χ0) is 16.2. The molecule has 0 saturated heterocycles. The summed E-state index contributed by atoms with van der Waals surface area (Å²) < 4.78 is 16.8. The number of hydrogen-bond acceptors (Lipinski definition) is 4. The van der Waals surface area contributed by atoms with Crippen molar-refractivity contribution in [3.8, 4) is 34.8 Å². The fourth-order valence-electron chi connectivity index (χ4n) is 2.22. The SMILES string of the molecule is C=Cc1cccc(OB2Oc3ccc(CC#CC)cc3O2)c1O. The molecule has 2 aromatic rings. The van der Waals surface area contributed by atoms with Crippen LogP contribution in [-0.4, -0.2) is 12.4 Å². The molecule has 2 aromatic carbocycles. The molecule has 0 atom stereocenters. The van der Waals surface area contributed by atoms with Crippen LogP contribution in [0.3, 0.4) is 0 Å². The number of para-hydroxylation sites is 1. The Hall–Kier alpha value is -3.00. The molecule has 1 aliphatic rings. The molecule has 4 nitrogen and oxygen atoms in total. The van der Waals surface area contributed by atoms with Crippen molar-refractivity contribution in [2.24, 2.45) is 0 Å². The Morgan fingerprint density at radius 2 is 2.09 bits per heavy atom. The highest BCUT2D eigenvalue weighted by molar-refractivity contribution is 6.41.